The maximum absolute atomic E-state index is 13.6. The Labute approximate surface area is 184 Å². The number of pyridine rings is 1. The van der Waals surface area contributed by atoms with Gasteiger partial charge in [-0.25, -0.2) is 4.39 Å². The Kier molecular flexibility index (Phi) is 6.13. The number of alkyl halides is 3. The highest BCUT2D eigenvalue weighted by Crippen LogP contribution is 2.37. The summed E-state index contributed by atoms with van der Waals surface area (Å²) in [7, 11) is 1.56. The van der Waals surface area contributed by atoms with E-state index in [0.717, 1.165) is 17.7 Å². The van der Waals surface area contributed by atoms with Crippen LogP contribution >= 0.6 is 0 Å². The van der Waals surface area contributed by atoms with Gasteiger partial charge in [-0.1, -0.05) is 17.7 Å². The molecule has 3 rings (SSSR count). The summed E-state index contributed by atoms with van der Waals surface area (Å²) in [5.41, 5.74) is 1.22. The molecule has 32 heavy (non-hydrogen) atoms. The highest BCUT2D eigenvalue weighted by molar-refractivity contribution is 6.03. The first kappa shape index (κ1) is 23.4. The quantitative estimate of drug-likeness (QED) is 0.433. The number of rotatable bonds is 4. The van der Waals surface area contributed by atoms with Crippen molar-refractivity contribution in [3.63, 3.8) is 0 Å². The van der Waals surface area contributed by atoms with Crippen molar-refractivity contribution in [1.82, 2.24) is 4.98 Å². The van der Waals surface area contributed by atoms with Gasteiger partial charge in [-0.15, -0.1) is 0 Å². The van der Waals surface area contributed by atoms with Gasteiger partial charge in [-0.05, 0) is 74.7 Å². The minimum atomic E-state index is -4.51. The molecule has 0 saturated heterocycles. The van der Waals surface area contributed by atoms with Gasteiger partial charge < -0.3 is 4.90 Å². The Morgan fingerprint density at radius 3 is 2.22 bits per heavy atom. The summed E-state index contributed by atoms with van der Waals surface area (Å²) in [6.07, 6.45) is -1.42. The van der Waals surface area contributed by atoms with Crippen LogP contribution in [-0.4, -0.2) is 17.9 Å². The summed E-state index contributed by atoms with van der Waals surface area (Å²) in [6, 6.07) is 9.76. The molecule has 3 aromatic rings. The lowest BCUT2D eigenvalue weighted by Crippen LogP contribution is -2.42. The number of halogens is 4. The smallest absolute Gasteiger partial charge is 0.313 e. The van der Waals surface area contributed by atoms with Crippen molar-refractivity contribution < 1.29 is 22.4 Å². The zero-order valence-electron chi connectivity index (χ0n) is 18.5. The van der Waals surface area contributed by atoms with Gasteiger partial charge in [-0.3, -0.25) is 9.78 Å². The molecule has 0 aliphatic rings. The van der Waals surface area contributed by atoms with Gasteiger partial charge >= 0.3 is 6.18 Å². The highest BCUT2D eigenvalue weighted by atomic mass is 19.4. The van der Waals surface area contributed by atoms with E-state index in [1.54, 1.807) is 59.1 Å². The van der Waals surface area contributed by atoms with E-state index < -0.39 is 23.1 Å². The molecule has 1 amide bonds. The predicted molar refractivity (Wildman–Crippen MR) is 117 cm³/mol. The molecule has 2 aromatic carbocycles. The van der Waals surface area contributed by atoms with Crippen molar-refractivity contribution in [3.05, 3.63) is 82.9 Å². The second-order valence-electron chi connectivity index (χ2n) is 8.43. The average molecular weight is 444 g/mol. The third kappa shape index (κ3) is 4.52. The lowest BCUT2D eigenvalue weighted by molar-refractivity contribution is -0.137. The molecule has 1 heterocycles. The minimum absolute atomic E-state index is 0.269. The third-order valence-electron chi connectivity index (χ3n) is 5.61. The Hall–Kier alpha value is -3.22. The zero-order chi connectivity index (χ0) is 23.8. The van der Waals surface area contributed by atoms with Crippen molar-refractivity contribution in [2.24, 2.45) is 0 Å². The number of hydrogen-bond donors (Lipinski definition) is 0. The molecule has 7 heteroatoms. The van der Waals surface area contributed by atoms with Crippen LogP contribution in [0.2, 0.25) is 0 Å². The Morgan fingerprint density at radius 2 is 1.59 bits per heavy atom. The molecule has 0 N–H and O–H groups in total. The van der Waals surface area contributed by atoms with E-state index in [-0.39, 0.29) is 11.4 Å². The summed E-state index contributed by atoms with van der Waals surface area (Å²) in [5.74, 6) is -0.766. The molecule has 0 aliphatic heterocycles. The molecule has 0 unspecified atom stereocenters. The van der Waals surface area contributed by atoms with E-state index in [1.807, 2.05) is 0 Å². The molecule has 0 fully saturated rings. The predicted octanol–water partition coefficient (Wildman–Crippen LogP) is 6.46. The number of aryl methyl sites for hydroxylation is 2. The molecule has 0 atom stereocenters. The van der Waals surface area contributed by atoms with E-state index in [0.29, 0.717) is 22.4 Å². The number of aromatic nitrogens is 1. The molecular formula is C25H24F4N2O. The average Bonchev–Trinajstić information content (AvgIpc) is 2.71. The fourth-order valence-electron chi connectivity index (χ4n) is 3.77. The molecule has 0 spiro atoms. The normalized spacial score (nSPS) is 12.0. The summed E-state index contributed by atoms with van der Waals surface area (Å²) in [4.78, 5) is 19.0. The largest absolute Gasteiger partial charge is 0.416 e. The molecular weight excluding hydrogens is 420 g/mol. The van der Waals surface area contributed by atoms with Gasteiger partial charge in [0.25, 0.3) is 0 Å². The maximum atomic E-state index is 13.6. The van der Waals surface area contributed by atoms with Crippen molar-refractivity contribution in [3.8, 4) is 11.1 Å². The molecule has 0 bridgehead atoms. The van der Waals surface area contributed by atoms with Crippen molar-refractivity contribution in [2.45, 2.75) is 39.3 Å². The fourth-order valence-corrected chi connectivity index (χ4v) is 3.77. The van der Waals surface area contributed by atoms with Crippen molar-refractivity contribution in [1.29, 1.82) is 0 Å². The van der Waals surface area contributed by atoms with Gasteiger partial charge in [0, 0.05) is 18.8 Å². The minimum Gasteiger partial charge on any atom is -0.313 e. The molecule has 3 nitrogen and oxygen atoms in total. The van der Waals surface area contributed by atoms with Crippen LogP contribution < -0.4 is 4.90 Å². The van der Waals surface area contributed by atoms with E-state index >= 15 is 0 Å². The summed E-state index contributed by atoms with van der Waals surface area (Å²) < 4.78 is 53.6. The number of hydrogen-bond acceptors (Lipinski definition) is 2. The summed E-state index contributed by atoms with van der Waals surface area (Å²) in [5, 5.41) is 0. The Morgan fingerprint density at radius 1 is 0.938 bits per heavy atom. The Balaban J connectivity index is 2.05. The fraction of sp³-hybridized carbons (Fsp3) is 0.280. The second-order valence-corrected chi connectivity index (χ2v) is 8.43. The van der Waals surface area contributed by atoms with Gasteiger partial charge in [0.05, 0.1) is 22.9 Å². The van der Waals surface area contributed by atoms with Crippen molar-refractivity contribution >= 4 is 11.6 Å². The molecule has 1 aromatic heterocycles. The van der Waals surface area contributed by atoms with Gasteiger partial charge in [0.15, 0.2) is 0 Å². The SMILES string of the molecule is Cc1cc(C(F)(F)F)cc(C(C)(C)C(=O)N(C)c2cnccc2-c2ccc(F)cc2C)c1. The lowest BCUT2D eigenvalue weighted by Gasteiger charge is -2.31. The highest BCUT2D eigenvalue weighted by Gasteiger charge is 2.37. The van der Waals surface area contributed by atoms with Gasteiger partial charge in [-0.2, -0.15) is 13.2 Å². The van der Waals surface area contributed by atoms with Crippen LogP contribution in [0.4, 0.5) is 23.2 Å². The molecule has 0 radical (unpaired) electrons. The monoisotopic (exact) mass is 444 g/mol. The molecule has 0 aliphatic carbocycles. The number of benzene rings is 2. The summed E-state index contributed by atoms with van der Waals surface area (Å²) >= 11 is 0. The Bertz CT molecular complexity index is 1170. The first-order valence-corrected chi connectivity index (χ1v) is 10.0. The van der Waals surface area contributed by atoms with Gasteiger partial charge in [0.2, 0.25) is 5.91 Å². The van der Waals surface area contributed by atoms with E-state index in [4.69, 9.17) is 0 Å². The van der Waals surface area contributed by atoms with E-state index in [1.165, 1.54) is 23.2 Å². The molecule has 0 saturated carbocycles. The van der Waals surface area contributed by atoms with Crippen LogP contribution in [0.15, 0.2) is 54.9 Å². The molecule has 168 valence electrons. The summed E-state index contributed by atoms with van der Waals surface area (Å²) in [6.45, 7) is 6.53. The number of carbonyl (C=O) groups excluding carboxylic acids is 1. The number of amides is 1. The maximum Gasteiger partial charge on any atom is 0.416 e. The van der Waals surface area contributed by atoms with E-state index in [2.05, 4.69) is 4.98 Å². The lowest BCUT2D eigenvalue weighted by atomic mass is 9.81. The first-order valence-electron chi connectivity index (χ1n) is 10.0. The van der Waals surface area contributed by atoms with Crippen LogP contribution in [-0.2, 0) is 16.4 Å². The number of anilines is 1. The second kappa shape index (κ2) is 8.37. The number of nitrogens with zero attached hydrogens (tertiary/aromatic N) is 2. The van der Waals surface area contributed by atoms with Gasteiger partial charge in [0.1, 0.15) is 5.82 Å². The van der Waals surface area contributed by atoms with Crippen LogP contribution in [0.25, 0.3) is 11.1 Å². The number of likely N-dealkylation sites (N-methyl/N-ethyl adjacent to an activating group) is 1. The van der Waals surface area contributed by atoms with E-state index in [9.17, 15) is 22.4 Å². The van der Waals surface area contributed by atoms with Crippen LogP contribution in [0.5, 0.6) is 0 Å². The standard InChI is InChI=1S/C25H24F4N2O/c1-15-10-17(13-18(11-15)25(27,28)29)24(3,4)23(32)31(5)22-14-30-9-8-21(22)20-7-6-19(26)12-16(20)2/h6-14H,1-5H3. The van der Waals surface area contributed by atoms with Crippen molar-refractivity contribution in [2.75, 3.05) is 11.9 Å². The zero-order valence-corrected chi connectivity index (χ0v) is 18.5. The third-order valence-corrected chi connectivity index (χ3v) is 5.61. The topological polar surface area (TPSA) is 33.2 Å². The number of carbonyl (C=O) groups is 1. The first-order chi connectivity index (χ1) is 14.8. The van der Waals surface area contributed by atoms with Crippen LogP contribution in [0.3, 0.4) is 0 Å². The van der Waals surface area contributed by atoms with Crippen LogP contribution in [0, 0.1) is 19.7 Å². The van der Waals surface area contributed by atoms with Crippen LogP contribution in [0.1, 0.15) is 36.1 Å².